The average molecular weight is 563 g/mol. The van der Waals surface area contributed by atoms with Gasteiger partial charge in [0.25, 0.3) is 0 Å². The summed E-state index contributed by atoms with van der Waals surface area (Å²) in [5.74, 6) is -0.554. The summed E-state index contributed by atoms with van der Waals surface area (Å²) < 4.78 is 92.3. The number of nitrogens with zero attached hydrogens (tertiary/aromatic N) is 5. The topological polar surface area (TPSA) is 118 Å². The molecule has 184 valence electrons. The lowest BCUT2D eigenvalue weighted by Crippen LogP contribution is -2.30. The third-order valence-electron chi connectivity index (χ3n) is 4.33. The maximum absolute atomic E-state index is 13.2. The molecule has 0 aliphatic heterocycles. The van der Waals surface area contributed by atoms with Crippen molar-refractivity contribution in [3.63, 3.8) is 0 Å². The van der Waals surface area contributed by atoms with E-state index in [0.29, 0.717) is 8.99 Å². The van der Waals surface area contributed by atoms with E-state index >= 15 is 0 Å². The summed E-state index contributed by atoms with van der Waals surface area (Å²) in [6, 6.07) is 6.19. The molecule has 3 rings (SSSR count). The smallest absolute Gasteiger partial charge is 0.310 e. The zero-order valence-corrected chi connectivity index (χ0v) is 19.9. The van der Waals surface area contributed by atoms with Crippen LogP contribution in [0, 0.1) is 11.3 Å². The molecular formula is C17H13Cl2F5N6O2S2. The first-order chi connectivity index (χ1) is 15.3. The van der Waals surface area contributed by atoms with Gasteiger partial charge in [0, 0.05) is 6.20 Å². The van der Waals surface area contributed by atoms with Crippen LogP contribution in [0.5, 0.6) is 0 Å². The Balaban J connectivity index is 2.25. The maximum Gasteiger partial charge on any atom is 0.310 e. The Morgan fingerprint density at radius 2 is 1.76 bits per heavy atom. The normalized spacial score (nSPS) is 14.2. The van der Waals surface area contributed by atoms with E-state index in [1.165, 1.54) is 12.3 Å². The fraction of sp³-hybridized carbons (Fsp3) is 0.118. The SMILES string of the molecule is CS(=O)(=O)N(Cc1ccccn1)c1c(C#N)nn(-c2c(Cl)cc(S(F)(F)(F)(F)F)cc2Cl)c1N. The summed E-state index contributed by atoms with van der Waals surface area (Å²) in [5.41, 5.74) is 4.73. The van der Waals surface area contributed by atoms with Crippen molar-refractivity contribution in [1.29, 1.82) is 5.26 Å². The summed E-state index contributed by atoms with van der Waals surface area (Å²) in [6.07, 6.45) is 2.21. The van der Waals surface area contributed by atoms with E-state index in [1.54, 1.807) is 18.2 Å². The van der Waals surface area contributed by atoms with Crippen LogP contribution in [0.2, 0.25) is 10.0 Å². The van der Waals surface area contributed by atoms with E-state index in [1.807, 2.05) is 0 Å². The zero-order valence-electron chi connectivity index (χ0n) is 16.8. The number of rotatable bonds is 6. The van der Waals surface area contributed by atoms with Crippen molar-refractivity contribution in [2.24, 2.45) is 0 Å². The number of nitrogens with two attached hydrogens (primary N) is 1. The minimum Gasteiger partial charge on any atom is -0.382 e. The van der Waals surface area contributed by atoms with Gasteiger partial charge in [0.05, 0.1) is 28.5 Å². The lowest BCUT2D eigenvalue weighted by Gasteiger charge is -2.40. The number of pyridine rings is 1. The first-order valence-corrected chi connectivity index (χ1v) is 13.3. The van der Waals surface area contributed by atoms with Crippen LogP contribution in [0.25, 0.3) is 5.69 Å². The lowest BCUT2D eigenvalue weighted by atomic mass is 10.3. The van der Waals surface area contributed by atoms with Crippen LogP contribution in [0.3, 0.4) is 0 Å². The highest BCUT2D eigenvalue weighted by Gasteiger charge is 2.65. The highest BCUT2D eigenvalue weighted by Crippen LogP contribution is 3.02. The van der Waals surface area contributed by atoms with Crippen LogP contribution in [0.4, 0.5) is 30.9 Å². The van der Waals surface area contributed by atoms with Crippen molar-refractivity contribution in [2.75, 3.05) is 16.3 Å². The Labute approximate surface area is 200 Å². The predicted molar refractivity (Wildman–Crippen MR) is 119 cm³/mol. The Bertz CT molecular complexity index is 1420. The van der Waals surface area contributed by atoms with Gasteiger partial charge >= 0.3 is 10.2 Å². The quantitative estimate of drug-likeness (QED) is 0.388. The lowest BCUT2D eigenvalue weighted by molar-refractivity contribution is 0.364. The molecule has 8 nitrogen and oxygen atoms in total. The van der Waals surface area contributed by atoms with Crippen LogP contribution in [-0.2, 0) is 16.6 Å². The molecule has 0 amide bonds. The van der Waals surface area contributed by atoms with E-state index in [0.717, 1.165) is 6.26 Å². The van der Waals surface area contributed by atoms with Gasteiger partial charge in [-0.25, -0.2) is 13.1 Å². The van der Waals surface area contributed by atoms with Crippen molar-refractivity contribution in [2.45, 2.75) is 11.4 Å². The molecule has 0 fully saturated rings. The second-order valence-corrected chi connectivity index (χ2v) is 12.0. The molecule has 17 heteroatoms. The second kappa shape index (κ2) is 7.60. The Hall–Kier alpha value is -2.80. The van der Waals surface area contributed by atoms with Crippen molar-refractivity contribution in [1.82, 2.24) is 14.8 Å². The fourth-order valence-electron chi connectivity index (χ4n) is 2.88. The Kier molecular flexibility index (Phi) is 5.77. The van der Waals surface area contributed by atoms with E-state index < -0.39 is 58.1 Å². The van der Waals surface area contributed by atoms with Gasteiger partial charge in [-0.3, -0.25) is 9.29 Å². The zero-order chi connectivity index (χ0) is 25.8. The van der Waals surface area contributed by atoms with Crippen molar-refractivity contribution in [3.05, 3.63) is 58.0 Å². The molecule has 1 aromatic carbocycles. The highest BCUT2D eigenvalue weighted by atomic mass is 35.5. The summed E-state index contributed by atoms with van der Waals surface area (Å²) in [6.45, 7) is -0.380. The van der Waals surface area contributed by atoms with E-state index in [9.17, 15) is 33.1 Å². The number of halogens is 7. The van der Waals surface area contributed by atoms with Gasteiger partial charge in [-0.15, -0.1) is 0 Å². The van der Waals surface area contributed by atoms with Gasteiger partial charge in [0.1, 0.15) is 22.3 Å². The number of anilines is 2. The molecule has 0 aliphatic carbocycles. The van der Waals surface area contributed by atoms with Crippen LogP contribution in [0.1, 0.15) is 11.4 Å². The number of sulfonamides is 1. The minimum absolute atomic E-state index is 0.0562. The van der Waals surface area contributed by atoms with Gasteiger partial charge in [0.15, 0.2) is 11.5 Å². The standard InChI is InChI=1S/C17H13Cl2F5N6O2S2/c1-33(31,32)29(9-10-4-2-3-5-27-10)16-14(8-25)28-30(17(16)26)15-12(18)6-11(7-13(15)19)34(20,21,22,23)24/h2-7H,9,26H2,1H3. The number of nitriles is 1. The third kappa shape index (κ3) is 5.14. The average Bonchev–Trinajstić information content (AvgIpc) is 2.99. The summed E-state index contributed by atoms with van der Waals surface area (Å²) >= 11 is 11.7. The molecule has 0 atom stereocenters. The fourth-order valence-corrected chi connectivity index (χ4v) is 5.22. The molecule has 0 saturated carbocycles. The van der Waals surface area contributed by atoms with Gasteiger partial charge < -0.3 is 5.73 Å². The highest BCUT2D eigenvalue weighted by molar-refractivity contribution is 8.45. The van der Waals surface area contributed by atoms with Gasteiger partial charge in [-0.1, -0.05) is 48.7 Å². The molecule has 0 aliphatic rings. The first kappa shape index (κ1) is 25.8. The molecule has 0 bridgehead atoms. The number of aromatic nitrogens is 3. The monoisotopic (exact) mass is 562 g/mol. The van der Waals surface area contributed by atoms with Crippen LogP contribution in [-0.4, -0.2) is 29.4 Å². The Morgan fingerprint density at radius 3 is 2.21 bits per heavy atom. The number of nitrogen functional groups attached to an aromatic ring is 1. The molecule has 3 aromatic rings. The molecule has 2 aromatic heterocycles. The third-order valence-corrected chi connectivity index (χ3v) is 7.15. The van der Waals surface area contributed by atoms with Crippen molar-refractivity contribution in [3.8, 4) is 11.8 Å². The molecule has 34 heavy (non-hydrogen) atoms. The number of benzene rings is 1. The molecule has 0 saturated heterocycles. The van der Waals surface area contributed by atoms with E-state index in [-0.39, 0.29) is 24.4 Å². The first-order valence-electron chi connectivity index (χ1n) is 8.73. The molecule has 0 radical (unpaired) electrons. The van der Waals surface area contributed by atoms with Crippen LogP contribution < -0.4 is 10.0 Å². The van der Waals surface area contributed by atoms with E-state index in [2.05, 4.69) is 10.1 Å². The maximum atomic E-state index is 13.2. The molecule has 0 unspecified atom stereocenters. The van der Waals surface area contributed by atoms with Gasteiger partial charge in [0.2, 0.25) is 10.0 Å². The molecule has 0 spiro atoms. The molecule has 2 N–H and O–H groups in total. The van der Waals surface area contributed by atoms with Gasteiger partial charge in [-0.05, 0) is 24.3 Å². The minimum atomic E-state index is -10.1. The second-order valence-electron chi connectivity index (χ2n) is 6.90. The summed E-state index contributed by atoms with van der Waals surface area (Å²) in [5, 5.41) is 11.5. The summed E-state index contributed by atoms with van der Waals surface area (Å²) in [7, 11) is -14.2. The van der Waals surface area contributed by atoms with E-state index in [4.69, 9.17) is 28.9 Å². The van der Waals surface area contributed by atoms with Gasteiger partial charge in [-0.2, -0.15) is 10.4 Å². The number of hydrogen-bond donors (Lipinski definition) is 1. The largest absolute Gasteiger partial charge is 0.382 e. The van der Waals surface area contributed by atoms with Crippen molar-refractivity contribution >= 4 is 55.0 Å². The van der Waals surface area contributed by atoms with Crippen LogP contribution in [0.15, 0.2) is 41.4 Å². The molecule has 2 heterocycles. The van der Waals surface area contributed by atoms with Crippen molar-refractivity contribution < 1.29 is 27.8 Å². The predicted octanol–water partition coefficient (Wildman–Crippen LogP) is 5.65. The van der Waals surface area contributed by atoms with Crippen LogP contribution >= 0.6 is 33.4 Å². The number of hydrogen-bond acceptors (Lipinski definition) is 6. The Morgan fingerprint density at radius 1 is 1.18 bits per heavy atom. The summed E-state index contributed by atoms with van der Waals surface area (Å²) in [4.78, 5) is 1.66. The molecular weight excluding hydrogens is 550 g/mol.